The SMILES string of the molecule is COC(=O)C1CC(O)CN1C(=O)Nc1cccc(F)c1. The second-order valence-electron chi connectivity index (χ2n) is 4.52. The molecule has 1 aromatic rings. The molecule has 1 saturated heterocycles. The molecule has 0 aliphatic carbocycles. The fourth-order valence-corrected chi connectivity index (χ4v) is 2.16. The Morgan fingerprint density at radius 3 is 2.90 bits per heavy atom. The van der Waals surface area contributed by atoms with Gasteiger partial charge in [0.15, 0.2) is 0 Å². The van der Waals surface area contributed by atoms with E-state index in [9.17, 15) is 19.1 Å². The van der Waals surface area contributed by atoms with Crippen LogP contribution < -0.4 is 5.32 Å². The average molecular weight is 282 g/mol. The number of β-amino-alcohol motifs (C(OH)–C–C–N with tert-alkyl or cyclic N) is 1. The number of rotatable bonds is 2. The third-order valence-corrected chi connectivity index (χ3v) is 3.09. The van der Waals surface area contributed by atoms with Gasteiger partial charge < -0.3 is 20.1 Å². The topological polar surface area (TPSA) is 78.9 Å². The molecule has 2 amide bonds. The summed E-state index contributed by atoms with van der Waals surface area (Å²) in [6.07, 6.45) is -0.652. The number of halogens is 1. The van der Waals surface area contributed by atoms with Gasteiger partial charge in [0.1, 0.15) is 11.9 Å². The van der Waals surface area contributed by atoms with E-state index in [1.165, 1.54) is 30.2 Å². The van der Waals surface area contributed by atoms with Crippen LogP contribution in [-0.2, 0) is 9.53 Å². The number of aliphatic hydroxyl groups is 1. The Labute approximate surface area is 115 Å². The molecular weight excluding hydrogens is 267 g/mol. The number of urea groups is 1. The van der Waals surface area contributed by atoms with Crippen molar-refractivity contribution in [1.29, 1.82) is 0 Å². The summed E-state index contributed by atoms with van der Waals surface area (Å²) in [5, 5.41) is 12.1. The normalized spacial score (nSPS) is 21.6. The van der Waals surface area contributed by atoms with Crippen LogP contribution in [0.25, 0.3) is 0 Å². The van der Waals surface area contributed by atoms with Gasteiger partial charge in [-0.25, -0.2) is 14.0 Å². The Morgan fingerprint density at radius 2 is 2.25 bits per heavy atom. The molecule has 2 atom stereocenters. The first-order valence-electron chi connectivity index (χ1n) is 6.10. The molecule has 0 spiro atoms. The van der Waals surface area contributed by atoms with Gasteiger partial charge in [-0.3, -0.25) is 0 Å². The number of likely N-dealkylation sites (tertiary alicyclic amines) is 1. The number of benzene rings is 1. The van der Waals surface area contributed by atoms with Gasteiger partial charge in [-0.05, 0) is 18.2 Å². The summed E-state index contributed by atoms with van der Waals surface area (Å²) < 4.78 is 17.6. The zero-order valence-corrected chi connectivity index (χ0v) is 10.9. The minimum atomic E-state index is -0.830. The molecule has 6 nitrogen and oxygen atoms in total. The fraction of sp³-hybridized carbons (Fsp3) is 0.385. The lowest BCUT2D eigenvalue weighted by molar-refractivity contribution is -0.144. The van der Waals surface area contributed by atoms with Crippen molar-refractivity contribution in [2.24, 2.45) is 0 Å². The standard InChI is InChI=1S/C13H15FN2O4/c1-20-12(18)11-6-10(17)7-16(11)13(19)15-9-4-2-3-8(14)5-9/h2-5,10-11,17H,6-7H2,1H3,(H,15,19). The maximum absolute atomic E-state index is 13.0. The molecule has 2 N–H and O–H groups in total. The zero-order chi connectivity index (χ0) is 14.7. The van der Waals surface area contributed by atoms with Crippen molar-refractivity contribution in [2.45, 2.75) is 18.6 Å². The largest absolute Gasteiger partial charge is 0.467 e. The fourth-order valence-electron chi connectivity index (χ4n) is 2.16. The Morgan fingerprint density at radius 1 is 1.50 bits per heavy atom. The van der Waals surface area contributed by atoms with Crippen LogP contribution in [0.15, 0.2) is 24.3 Å². The number of methoxy groups -OCH3 is 1. The molecule has 0 radical (unpaired) electrons. The monoisotopic (exact) mass is 282 g/mol. The van der Waals surface area contributed by atoms with E-state index in [-0.39, 0.29) is 18.7 Å². The number of anilines is 1. The second kappa shape index (κ2) is 5.87. The lowest BCUT2D eigenvalue weighted by Crippen LogP contribution is -2.43. The second-order valence-corrected chi connectivity index (χ2v) is 4.52. The smallest absolute Gasteiger partial charge is 0.328 e. The summed E-state index contributed by atoms with van der Waals surface area (Å²) in [6.45, 7) is 0.0287. The van der Waals surface area contributed by atoms with Gasteiger partial charge in [0.05, 0.1) is 13.2 Å². The number of ether oxygens (including phenoxy) is 1. The number of amides is 2. The van der Waals surface area contributed by atoms with Crippen molar-refractivity contribution in [2.75, 3.05) is 19.0 Å². The molecule has 0 aromatic heterocycles. The first-order valence-corrected chi connectivity index (χ1v) is 6.10. The molecule has 0 bridgehead atoms. The number of nitrogens with one attached hydrogen (secondary N) is 1. The van der Waals surface area contributed by atoms with Gasteiger partial charge in [0.2, 0.25) is 0 Å². The van der Waals surface area contributed by atoms with Crippen molar-refractivity contribution in [3.8, 4) is 0 Å². The molecule has 1 heterocycles. The van der Waals surface area contributed by atoms with Gasteiger partial charge >= 0.3 is 12.0 Å². The van der Waals surface area contributed by atoms with Crippen LogP contribution in [0.4, 0.5) is 14.9 Å². The van der Waals surface area contributed by atoms with Crippen LogP contribution in [-0.4, -0.2) is 47.8 Å². The molecule has 1 aliphatic heterocycles. The van der Waals surface area contributed by atoms with Crippen LogP contribution in [0.5, 0.6) is 0 Å². The molecule has 20 heavy (non-hydrogen) atoms. The van der Waals surface area contributed by atoms with Crippen LogP contribution >= 0.6 is 0 Å². The van der Waals surface area contributed by atoms with Gasteiger partial charge in [-0.2, -0.15) is 0 Å². The van der Waals surface area contributed by atoms with Crippen molar-refractivity contribution in [3.63, 3.8) is 0 Å². The van der Waals surface area contributed by atoms with E-state index in [2.05, 4.69) is 10.1 Å². The summed E-state index contributed by atoms with van der Waals surface area (Å²) in [6, 6.07) is 4.00. The molecule has 108 valence electrons. The van der Waals surface area contributed by atoms with Crippen LogP contribution in [0.3, 0.4) is 0 Å². The highest BCUT2D eigenvalue weighted by Gasteiger charge is 2.39. The van der Waals surface area contributed by atoms with Crippen LogP contribution in [0.1, 0.15) is 6.42 Å². The lowest BCUT2D eigenvalue weighted by atomic mass is 10.2. The summed E-state index contributed by atoms with van der Waals surface area (Å²) in [4.78, 5) is 24.8. The van der Waals surface area contributed by atoms with E-state index in [0.717, 1.165) is 6.07 Å². The van der Waals surface area contributed by atoms with Gasteiger partial charge in [0, 0.05) is 18.7 Å². The summed E-state index contributed by atoms with van der Waals surface area (Å²) >= 11 is 0. The van der Waals surface area contributed by atoms with E-state index in [0.29, 0.717) is 0 Å². The van der Waals surface area contributed by atoms with Gasteiger partial charge in [-0.1, -0.05) is 6.07 Å². The quantitative estimate of drug-likeness (QED) is 0.792. The maximum atomic E-state index is 13.0. The highest BCUT2D eigenvalue weighted by molar-refractivity contribution is 5.93. The van der Waals surface area contributed by atoms with Crippen molar-refractivity contribution < 1.29 is 23.8 Å². The Hall–Kier alpha value is -2.15. The van der Waals surface area contributed by atoms with Crippen molar-refractivity contribution in [1.82, 2.24) is 4.90 Å². The molecule has 7 heteroatoms. The van der Waals surface area contributed by atoms with E-state index in [4.69, 9.17) is 0 Å². The maximum Gasteiger partial charge on any atom is 0.328 e. The summed E-state index contributed by atoms with van der Waals surface area (Å²) in [5.41, 5.74) is 0.278. The molecule has 1 aromatic carbocycles. The number of aliphatic hydroxyl groups excluding tert-OH is 1. The molecule has 1 aliphatic rings. The molecular formula is C13H15FN2O4. The Balaban J connectivity index is 2.09. The number of carbonyl (C=O) groups excluding carboxylic acids is 2. The number of esters is 1. The van der Waals surface area contributed by atoms with Crippen molar-refractivity contribution >= 4 is 17.7 Å². The average Bonchev–Trinajstić information content (AvgIpc) is 2.80. The number of hydrogen-bond acceptors (Lipinski definition) is 4. The highest BCUT2D eigenvalue weighted by Crippen LogP contribution is 2.20. The summed E-state index contributed by atoms with van der Waals surface area (Å²) in [5.74, 6) is -1.07. The van der Waals surface area contributed by atoms with Gasteiger partial charge in [-0.15, -0.1) is 0 Å². The Kier molecular flexibility index (Phi) is 4.19. The third kappa shape index (κ3) is 3.05. The molecule has 2 rings (SSSR count). The third-order valence-electron chi connectivity index (χ3n) is 3.09. The first-order chi connectivity index (χ1) is 9.51. The number of hydrogen-bond donors (Lipinski definition) is 2. The first kappa shape index (κ1) is 14.3. The lowest BCUT2D eigenvalue weighted by Gasteiger charge is -2.22. The minimum absolute atomic E-state index is 0.0287. The predicted molar refractivity (Wildman–Crippen MR) is 68.6 cm³/mol. The zero-order valence-electron chi connectivity index (χ0n) is 10.9. The minimum Gasteiger partial charge on any atom is -0.467 e. The van der Waals surface area contributed by atoms with E-state index in [1.807, 2.05) is 0 Å². The van der Waals surface area contributed by atoms with E-state index < -0.39 is 30.0 Å². The highest BCUT2D eigenvalue weighted by atomic mass is 19.1. The summed E-state index contributed by atoms with van der Waals surface area (Å²) in [7, 11) is 1.22. The van der Waals surface area contributed by atoms with Crippen LogP contribution in [0.2, 0.25) is 0 Å². The molecule has 0 saturated carbocycles. The van der Waals surface area contributed by atoms with Crippen LogP contribution in [0, 0.1) is 5.82 Å². The number of nitrogens with zero attached hydrogens (tertiary/aromatic N) is 1. The van der Waals surface area contributed by atoms with Gasteiger partial charge in [0.25, 0.3) is 0 Å². The molecule has 1 fully saturated rings. The Bertz CT molecular complexity index is 523. The predicted octanol–water partition coefficient (Wildman–Crippen LogP) is 0.966. The molecule has 2 unspecified atom stereocenters. The number of carbonyl (C=O) groups is 2. The van der Waals surface area contributed by atoms with Crippen molar-refractivity contribution in [3.05, 3.63) is 30.1 Å². The van der Waals surface area contributed by atoms with E-state index in [1.54, 1.807) is 0 Å². The van der Waals surface area contributed by atoms with E-state index >= 15 is 0 Å².